The molecule has 0 radical (unpaired) electrons. The average Bonchev–Trinajstić information content (AvgIpc) is 2.46. The Bertz CT molecular complexity index is 574. The fraction of sp³-hybridized carbons (Fsp3) is 0.556. The first-order valence-electron chi connectivity index (χ1n) is 7.77. The topological polar surface area (TPSA) is 60.2 Å². The number of ketones is 1. The van der Waals surface area contributed by atoms with Crippen LogP contribution in [0.2, 0.25) is 0 Å². The summed E-state index contributed by atoms with van der Waals surface area (Å²) in [5, 5.41) is -0.999. The number of amides is 1. The highest BCUT2D eigenvalue weighted by Crippen LogP contribution is 2.42. The predicted molar refractivity (Wildman–Crippen MR) is 89.1 cm³/mol. The summed E-state index contributed by atoms with van der Waals surface area (Å²) in [6.45, 7) is 6.41. The van der Waals surface area contributed by atoms with Crippen LogP contribution < -0.4 is 5.73 Å². The first kappa shape index (κ1) is 17.0. The molecule has 2 atom stereocenters. The summed E-state index contributed by atoms with van der Waals surface area (Å²) in [6, 6.07) is 7.90. The number of benzene rings is 1. The van der Waals surface area contributed by atoms with Crippen molar-refractivity contribution in [3.63, 3.8) is 0 Å². The monoisotopic (exact) mass is 321 g/mol. The lowest BCUT2D eigenvalue weighted by Gasteiger charge is -2.38. The molecule has 1 aromatic rings. The largest absolute Gasteiger partial charge is 0.368 e. The molecule has 4 heteroatoms. The summed E-state index contributed by atoms with van der Waals surface area (Å²) >= 11 is 6.32. The number of rotatable bonds is 3. The Morgan fingerprint density at radius 1 is 1.23 bits per heavy atom. The second kappa shape index (κ2) is 6.04. The van der Waals surface area contributed by atoms with Gasteiger partial charge in [-0.25, -0.2) is 0 Å². The zero-order chi connectivity index (χ0) is 16.5. The third kappa shape index (κ3) is 2.91. The van der Waals surface area contributed by atoms with Crippen molar-refractivity contribution < 1.29 is 9.59 Å². The van der Waals surface area contributed by atoms with Crippen LogP contribution in [0.25, 0.3) is 0 Å². The maximum absolute atomic E-state index is 12.7. The third-order valence-corrected chi connectivity index (χ3v) is 5.26. The lowest BCUT2D eigenvalue weighted by molar-refractivity contribution is -0.130. The van der Waals surface area contributed by atoms with Gasteiger partial charge in [0, 0.05) is 6.42 Å². The molecule has 1 aromatic carbocycles. The molecule has 2 rings (SSSR count). The van der Waals surface area contributed by atoms with E-state index in [1.165, 1.54) is 5.56 Å². The summed E-state index contributed by atoms with van der Waals surface area (Å²) in [5.74, 6) is -0.599. The highest BCUT2D eigenvalue weighted by Gasteiger charge is 2.49. The Morgan fingerprint density at radius 2 is 1.82 bits per heavy atom. The van der Waals surface area contributed by atoms with E-state index in [2.05, 4.69) is 20.8 Å². The fourth-order valence-corrected chi connectivity index (χ4v) is 3.64. The molecular formula is C18H24ClNO2. The minimum absolute atomic E-state index is 0.0288. The van der Waals surface area contributed by atoms with Gasteiger partial charge in [0.2, 0.25) is 5.91 Å². The van der Waals surface area contributed by atoms with Crippen LogP contribution in [0.1, 0.15) is 57.6 Å². The summed E-state index contributed by atoms with van der Waals surface area (Å²) in [6.07, 6.45) is 2.77. The number of Topliss-reactive ketones (excluding diaryl/α,β-unsaturated/α-hetero) is 1. The summed E-state index contributed by atoms with van der Waals surface area (Å²) < 4.78 is 0. The molecule has 0 spiro atoms. The molecular weight excluding hydrogens is 298 g/mol. The van der Waals surface area contributed by atoms with E-state index in [0.717, 1.165) is 18.4 Å². The predicted octanol–water partition coefficient (Wildman–Crippen LogP) is 3.46. The lowest BCUT2D eigenvalue weighted by atomic mass is 9.65. The molecule has 1 aliphatic rings. The number of primary amides is 1. The highest BCUT2D eigenvalue weighted by molar-refractivity contribution is 6.33. The van der Waals surface area contributed by atoms with Gasteiger partial charge in [-0.05, 0) is 29.4 Å². The molecule has 2 N–H and O–H groups in total. The number of hydrogen-bond donors (Lipinski definition) is 1. The Kier molecular flexibility index (Phi) is 4.67. The summed E-state index contributed by atoms with van der Waals surface area (Å²) in [5.41, 5.74) is 6.48. The van der Waals surface area contributed by atoms with E-state index in [1.807, 2.05) is 24.3 Å². The van der Waals surface area contributed by atoms with Crippen LogP contribution in [0.3, 0.4) is 0 Å². The van der Waals surface area contributed by atoms with Crippen LogP contribution in [0.15, 0.2) is 24.3 Å². The Morgan fingerprint density at radius 3 is 2.27 bits per heavy atom. The molecule has 1 amide bonds. The van der Waals surface area contributed by atoms with Crippen molar-refractivity contribution in [1.29, 1.82) is 0 Å². The van der Waals surface area contributed by atoms with Gasteiger partial charge in [0.1, 0.15) is 11.2 Å². The van der Waals surface area contributed by atoms with Gasteiger partial charge in [-0.3, -0.25) is 9.59 Å². The minimum atomic E-state index is -0.999. The molecule has 1 aliphatic carbocycles. The standard InChI is InChI=1S/C18H24ClNO2/c1-17(2,3)12-7-9-13(10-8-12)18(15(19)16(20)22)11-5-4-6-14(18)21/h7-10,15H,4-6,11H2,1-3H3,(H2,20,22). The first-order chi connectivity index (χ1) is 10.2. The van der Waals surface area contributed by atoms with Crippen molar-refractivity contribution in [3.05, 3.63) is 35.4 Å². The van der Waals surface area contributed by atoms with Crippen LogP contribution in [-0.2, 0) is 20.4 Å². The van der Waals surface area contributed by atoms with Crippen LogP contribution in [-0.4, -0.2) is 17.1 Å². The fourth-order valence-electron chi connectivity index (χ4n) is 3.28. The van der Waals surface area contributed by atoms with Gasteiger partial charge in [0.25, 0.3) is 0 Å². The van der Waals surface area contributed by atoms with Gasteiger partial charge in [-0.15, -0.1) is 11.6 Å². The SMILES string of the molecule is CC(C)(C)c1ccc(C2(C(Cl)C(N)=O)CCCCC2=O)cc1. The Balaban J connectivity index is 2.50. The quantitative estimate of drug-likeness (QED) is 0.867. The average molecular weight is 322 g/mol. The van der Waals surface area contributed by atoms with Crippen molar-refractivity contribution >= 4 is 23.3 Å². The van der Waals surface area contributed by atoms with Gasteiger partial charge in [0.15, 0.2) is 0 Å². The normalized spacial score (nSPS) is 24.1. The number of nitrogens with two attached hydrogens (primary N) is 1. The van der Waals surface area contributed by atoms with Crippen molar-refractivity contribution in [2.24, 2.45) is 5.73 Å². The highest BCUT2D eigenvalue weighted by atomic mass is 35.5. The molecule has 0 saturated heterocycles. The number of carbonyl (C=O) groups excluding carboxylic acids is 2. The van der Waals surface area contributed by atoms with E-state index in [0.29, 0.717) is 12.8 Å². The van der Waals surface area contributed by atoms with Crippen LogP contribution >= 0.6 is 11.6 Å². The molecule has 0 aromatic heterocycles. The molecule has 0 bridgehead atoms. The van der Waals surface area contributed by atoms with E-state index in [9.17, 15) is 9.59 Å². The maximum Gasteiger partial charge on any atom is 0.236 e. The third-order valence-electron chi connectivity index (χ3n) is 4.67. The van der Waals surface area contributed by atoms with Gasteiger partial charge >= 0.3 is 0 Å². The van der Waals surface area contributed by atoms with Crippen molar-refractivity contribution in [3.8, 4) is 0 Å². The van der Waals surface area contributed by atoms with E-state index in [-0.39, 0.29) is 11.2 Å². The van der Waals surface area contributed by atoms with Gasteiger partial charge < -0.3 is 5.73 Å². The molecule has 0 heterocycles. The van der Waals surface area contributed by atoms with E-state index in [4.69, 9.17) is 17.3 Å². The Labute approximate surface area is 137 Å². The molecule has 1 fully saturated rings. The smallest absolute Gasteiger partial charge is 0.236 e. The second-order valence-corrected chi connectivity index (χ2v) is 7.63. The molecule has 0 aliphatic heterocycles. The molecule has 2 unspecified atom stereocenters. The summed E-state index contributed by atoms with van der Waals surface area (Å²) in [4.78, 5) is 24.3. The maximum atomic E-state index is 12.7. The van der Waals surface area contributed by atoms with Crippen molar-refractivity contribution in [2.45, 2.75) is 62.7 Å². The molecule has 3 nitrogen and oxygen atoms in total. The van der Waals surface area contributed by atoms with Crippen molar-refractivity contribution in [1.82, 2.24) is 0 Å². The van der Waals surface area contributed by atoms with Crippen molar-refractivity contribution in [2.75, 3.05) is 0 Å². The van der Waals surface area contributed by atoms with E-state index < -0.39 is 16.7 Å². The zero-order valence-corrected chi connectivity index (χ0v) is 14.2. The molecule has 22 heavy (non-hydrogen) atoms. The van der Waals surface area contributed by atoms with E-state index in [1.54, 1.807) is 0 Å². The lowest BCUT2D eigenvalue weighted by Crippen LogP contribution is -2.51. The molecule has 1 saturated carbocycles. The number of carbonyl (C=O) groups is 2. The number of hydrogen-bond acceptors (Lipinski definition) is 2. The van der Waals surface area contributed by atoms with Gasteiger partial charge in [0.05, 0.1) is 5.41 Å². The van der Waals surface area contributed by atoms with Crippen LogP contribution in [0.4, 0.5) is 0 Å². The molecule has 120 valence electrons. The van der Waals surface area contributed by atoms with E-state index >= 15 is 0 Å². The van der Waals surface area contributed by atoms with Gasteiger partial charge in [-0.1, -0.05) is 51.5 Å². The zero-order valence-electron chi connectivity index (χ0n) is 13.5. The number of halogens is 1. The first-order valence-corrected chi connectivity index (χ1v) is 8.21. The minimum Gasteiger partial charge on any atom is -0.368 e. The Hall–Kier alpha value is -1.35. The van der Waals surface area contributed by atoms with Crippen LogP contribution in [0.5, 0.6) is 0 Å². The summed E-state index contributed by atoms with van der Waals surface area (Å²) in [7, 11) is 0. The number of alkyl halides is 1. The van der Waals surface area contributed by atoms with Crippen LogP contribution in [0, 0.1) is 0 Å². The van der Waals surface area contributed by atoms with Gasteiger partial charge in [-0.2, -0.15) is 0 Å². The second-order valence-electron chi connectivity index (χ2n) is 7.19.